The van der Waals surface area contributed by atoms with E-state index in [1.165, 1.54) is 6.26 Å². The number of benzene rings is 1. The van der Waals surface area contributed by atoms with Crippen molar-refractivity contribution in [2.24, 2.45) is 0 Å². The van der Waals surface area contributed by atoms with Crippen LogP contribution in [-0.2, 0) is 6.61 Å². The molecule has 0 aliphatic heterocycles. The third kappa shape index (κ3) is 1.54. The summed E-state index contributed by atoms with van der Waals surface area (Å²) in [6.45, 7) is 0.302. The Morgan fingerprint density at radius 3 is 3.00 bits per heavy atom. The molecule has 0 saturated heterocycles. The van der Waals surface area contributed by atoms with Crippen LogP contribution in [0, 0.1) is 0 Å². The third-order valence-electron chi connectivity index (χ3n) is 2.28. The number of rotatable bonds is 3. The topological polar surface area (TPSA) is 48.4 Å². The second-order valence-electron chi connectivity index (χ2n) is 3.31. The van der Waals surface area contributed by atoms with Gasteiger partial charge in [-0.15, -0.1) is 0 Å². The molecule has 0 spiro atoms. The number of aromatic nitrogens is 1. The largest absolute Gasteiger partial charge is 0.480 e. The van der Waals surface area contributed by atoms with E-state index in [1.54, 1.807) is 12.5 Å². The summed E-state index contributed by atoms with van der Waals surface area (Å²) < 4.78 is 16.0. The molecular weight excluding hydrogens is 206 g/mol. The lowest BCUT2D eigenvalue weighted by Gasteiger charge is -1.99. The Morgan fingerprint density at radius 1 is 1.19 bits per heavy atom. The number of furan rings is 1. The van der Waals surface area contributed by atoms with Gasteiger partial charge in [0.15, 0.2) is 12.4 Å². The molecule has 0 aliphatic rings. The van der Waals surface area contributed by atoms with Gasteiger partial charge in [-0.2, -0.15) is 0 Å². The maximum Gasteiger partial charge on any atom is 0.232 e. The molecule has 3 rings (SSSR count). The summed E-state index contributed by atoms with van der Waals surface area (Å²) in [4.78, 5) is 3.97. The lowest BCUT2D eigenvalue weighted by Crippen LogP contribution is -1.94. The van der Waals surface area contributed by atoms with Gasteiger partial charge in [-0.1, -0.05) is 12.1 Å². The summed E-state index contributed by atoms with van der Waals surface area (Å²) in [5.41, 5.74) is 0.810. The molecule has 4 heteroatoms. The molecule has 0 atom stereocenters. The molecule has 0 N–H and O–H groups in total. The molecular formula is C12H9NO3. The van der Waals surface area contributed by atoms with E-state index in [9.17, 15) is 0 Å². The summed E-state index contributed by atoms with van der Waals surface area (Å²) in [7, 11) is 0. The zero-order valence-corrected chi connectivity index (χ0v) is 8.42. The van der Waals surface area contributed by atoms with Gasteiger partial charge >= 0.3 is 0 Å². The Balaban J connectivity index is 1.84. The number of ether oxygens (including phenoxy) is 1. The Kier molecular flexibility index (Phi) is 2.11. The van der Waals surface area contributed by atoms with E-state index >= 15 is 0 Å². The van der Waals surface area contributed by atoms with Crippen molar-refractivity contribution in [3.8, 4) is 5.75 Å². The van der Waals surface area contributed by atoms with E-state index in [4.69, 9.17) is 13.6 Å². The molecule has 0 unspecified atom stereocenters. The lowest BCUT2D eigenvalue weighted by molar-refractivity contribution is 0.263. The average molecular weight is 215 g/mol. The third-order valence-corrected chi connectivity index (χ3v) is 2.28. The van der Waals surface area contributed by atoms with Gasteiger partial charge in [-0.05, 0) is 12.1 Å². The van der Waals surface area contributed by atoms with Crippen LogP contribution in [0.25, 0.3) is 11.0 Å². The SMILES string of the molecule is c1ccc2c(OCc3ncco3)coc2c1. The molecule has 0 amide bonds. The van der Waals surface area contributed by atoms with Gasteiger partial charge in [-0.3, -0.25) is 0 Å². The van der Waals surface area contributed by atoms with Crippen molar-refractivity contribution in [2.75, 3.05) is 0 Å². The van der Waals surface area contributed by atoms with Crippen LogP contribution in [0.3, 0.4) is 0 Å². The number of nitrogens with zero attached hydrogens (tertiary/aromatic N) is 1. The van der Waals surface area contributed by atoms with Crippen LogP contribution < -0.4 is 4.74 Å². The van der Waals surface area contributed by atoms with Crippen LogP contribution in [0.4, 0.5) is 0 Å². The van der Waals surface area contributed by atoms with Gasteiger partial charge in [0.1, 0.15) is 18.1 Å². The molecule has 4 nitrogen and oxygen atoms in total. The first-order valence-electron chi connectivity index (χ1n) is 4.91. The average Bonchev–Trinajstić information content (AvgIpc) is 2.96. The van der Waals surface area contributed by atoms with Gasteiger partial charge in [0, 0.05) is 0 Å². The van der Waals surface area contributed by atoms with Crippen LogP contribution in [-0.4, -0.2) is 4.98 Å². The summed E-state index contributed by atoms with van der Waals surface area (Å²) in [5.74, 6) is 1.25. The van der Waals surface area contributed by atoms with Crippen LogP contribution in [0.15, 0.2) is 51.8 Å². The quantitative estimate of drug-likeness (QED) is 0.673. The number of para-hydroxylation sites is 1. The fourth-order valence-corrected chi connectivity index (χ4v) is 1.53. The highest BCUT2D eigenvalue weighted by molar-refractivity contribution is 5.83. The predicted octanol–water partition coefficient (Wildman–Crippen LogP) is 3.00. The van der Waals surface area contributed by atoms with E-state index in [-0.39, 0.29) is 0 Å². The summed E-state index contributed by atoms with van der Waals surface area (Å²) in [5, 5.41) is 0.953. The summed E-state index contributed by atoms with van der Waals surface area (Å²) in [6, 6.07) is 7.70. The van der Waals surface area contributed by atoms with Gasteiger partial charge in [0.25, 0.3) is 0 Å². The molecule has 80 valence electrons. The van der Waals surface area contributed by atoms with Crippen LogP contribution >= 0.6 is 0 Å². The van der Waals surface area contributed by atoms with Crippen molar-refractivity contribution in [3.63, 3.8) is 0 Å². The van der Waals surface area contributed by atoms with Crippen molar-refractivity contribution in [2.45, 2.75) is 6.61 Å². The molecule has 0 radical (unpaired) electrons. The molecule has 16 heavy (non-hydrogen) atoms. The zero-order chi connectivity index (χ0) is 10.8. The fraction of sp³-hybridized carbons (Fsp3) is 0.0833. The number of hydrogen-bond donors (Lipinski definition) is 0. The molecule has 0 bridgehead atoms. The molecule has 0 saturated carbocycles. The van der Waals surface area contributed by atoms with E-state index < -0.39 is 0 Å². The van der Waals surface area contributed by atoms with Crippen LogP contribution in [0.1, 0.15) is 5.89 Å². The maximum atomic E-state index is 5.55. The highest BCUT2D eigenvalue weighted by atomic mass is 16.5. The molecule has 2 aromatic heterocycles. The van der Waals surface area contributed by atoms with Crippen molar-refractivity contribution >= 4 is 11.0 Å². The predicted molar refractivity (Wildman–Crippen MR) is 57.0 cm³/mol. The molecule has 1 aromatic carbocycles. The van der Waals surface area contributed by atoms with E-state index in [1.807, 2.05) is 24.3 Å². The Morgan fingerprint density at radius 2 is 2.12 bits per heavy atom. The smallest absolute Gasteiger partial charge is 0.232 e. The van der Waals surface area contributed by atoms with Gasteiger partial charge in [0.2, 0.25) is 5.89 Å². The fourth-order valence-electron chi connectivity index (χ4n) is 1.53. The normalized spacial score (nSPS) is 10.8. The zero-order valence-electron chi connectivity index (χ0n) is 8.42. The first-order chi connectivity index (χ1) is 7.93. The minimum atomic E-state index is 0.302. The Bertz CT molecular complexity index is 583. The lowest BCUT2D eigenvalue weighted by atomic mass is 10.2. The first kappa shape index (κ1) is 9.03. The number of fused-ring (bicyclic) bond motifs is 1. The Hall–Kier alpha value is -2.23. The van der Waals surface area contributed by atoms with Crippen molar-refractivity contribution in [3.05, 3.63) is 48.9 Å². The Labute approximate surface area is 91.5 Å². The second kappa shape index (κ2) is 3.73. The molecule has 0 aliphatic carbocycles. The van der Waals surface area contributed by atoms with Gasteiger partial charge in [0.05, 0.1) is 11.6 Å². The van der Waals surface area contributed by atoms with Crippen LogP contribution in [0.2, 0.25) is 0 Å². The van der Waals surface area contributed by atoms with Crippen molar-refractivity contribution in [1.82, 2.24) is 4.98 Å². The van der Waals surface area contributed by atoms with Crippen LogP contribution in [0.5, 0.6) is 5.75 Å². The number of oxazole rings is 1. The maximum absolute atomic E-state index is 5.55. The number of hydrogen-bond acceptors (Lipinski definition) is 4. The monoisotopic (exact) mass is 215 g/mol. The highest BCUT2D eigenvalue weighted by Gasteiger charge is 2.07. The highest BCUT2D eigenvalue weighted by Crippen LogP contribution is 2.27. The minimum Gasteiger partial charge on any atom is -0.480 e. The second-order valence-corrected chi connectivity index (χ2v) is 3.31. The van der Waals surface area contributed by atoms with Crippen molar-refractivity contribution in [1.29, 1.82) is 0 Å². The van der Waals surface area contributed by atoms with Gasteiger partial charge in [-0.25, -0.2) is 4.98 Å². The minimum absolute atomic E-state index is 0.302. The van der Waals surface area contributed by atoms with E-state index in [2.05, 4.69) is 4.98 Å². The standard InChI is InChI=1S/C12H9NO3/c1-2-4-10-9(3-1)11(7-15-10)16-8-12-13-5-6-14-12/h1-7H,8H2. The molecule has 3 aromatic rings. The van der Waals surface area contributed by atoms with Crippen molar-refractivity contribution < 1.29 is 13.6 Å². The van der Waals surface area contributed by atoms with Gasteiger partial charge < -0.3 is 13.6 Å². The molecule has 2 heterocycles. The molecule has 0 fully saturated rings. The van der Waals surface area contributed by atoms with E-state index in [0.717, 1.165) is 11.0 Å². The summed E-state index contributed by atoms with van der Waals surface area (Å²) in [6.07, 6.45) is 4.70. The van der Waals surface area contributed by atoms with E-state index in [0.29, 0.717) is 18.2 Å². The first-order valence-corrected chi connectivity index (χ1v) is 4.91. The summed E-state index contributed by atoms with van der Waals surface area (Å²) >= 11 is 0.